The molecule has 3 nitrogen and oxygen atoms in total. The van der Waals surface area contributed by atoms with E-state index in [1.807, 2.05) is 6.07 Å². The number of hydrogen-bond donors (Lipinski definition) is 1. The third-order valence-corrected chi connectivity index (χ3v) is 3.82. The minimum Gasteiger partial charge on any atom is -0.351 e. The summed E-state index contributed by atoms with van der Waals surface area (Å²) in [6.45, 7) is 9.20. The summed E-state index contributed by atoms with van der Waals surface area (Å²) in [5.74, 6) is 0.796. The molecule has 0 spiro atoms. The molecule has 1 atom stereocenters. The molecule has 1 saturated heterocycles. The van der Waals surface area contributed by atoms with Crippen LogP contribution >= 0.6 is 0 Å². The normalized spacial score (nSPS) is 19.5. The Balaban J connectivity index is 1.88. The van der Waals surface area contributed by atoms with Crippen LogP contribution in [0.3, 0.4) is 0 Å². The van der Waals surface area contributed by atoms with E-state index in [9.17, 15) is 4.79 Å². The van der Waals surface area contributed by atoms with E-state index in [1.54, 1.807) is 0 Å². The number of rotatable bonds is 5. The van der Waals surface area contributed by atoms with Crippen molar-refractivity contribution in [3.05, 3.63) is 35.4 Å². The van der Waals surface area contributed by atoms with E-state index in [4.69, 9.17) is 0 Å². The van der Waals surface area contributed by atoms with Gasteiger partial charge in [-0.25, -0.2) is 0 Å². The van der Waals surface area contributed by atoms with Crippen molar-refractivity contribution in [2.75, 3.05) is 13.1 Å². The predicted octanol–water partition coefficient (Wildman–Crippen LogP) is 2.73. The van der Waals surface area contributed by atoms with Gasteiger partial charge in [0.25, 0.3) is 0 Å². The lowest BCUT2D eigenvalue weighted by Crippen LogP contribution is -2.44. The Morgan fingerprint density at radius 1 is 1.45 bits per heavy atom. The molecule has 0 saturated carbocycles. The van der Waals surface area contributed by atoms with Crippen molar-refractivity contribution in [2.45, 2.75) is 46.2 Å². The van der Waals surface area contributed by atoms with Crippen LogP contribution in [-0.2, 0) is 11.3 Å². The highest BCUT2D eigenvalue weighted by Crippen LogP contribution is 2.19. The zero-order chi connectivity index (χ0) is 14.5. The van der Waals surface area contributed by atoms with Gasteiger partial charge in [0.15, 0.2) is 0 Å². The van der Waals surface area contributed by atoms with Gasteiger partial charge in [0, 0.05) is 13.1 Å². The Morgan fingerprint density at radius 2 is 2.25 bits per heavy atom. The molecule has 1 amide bonds. The maximum atomic E-state index is 12.3. The quantitative estimate of drug-likeness (QED) is 0.895. The van der Waals surface area contributed by atoms with Crippen molar-refractivity contribution in [2.24, 2.45) is 5.92 Å². The molecule has 0 bridgehead atoms. The van der Waals surface area contributed by atoms with Crippen LogP contribution in [0, 0.1) is 12.8 Å². The summed E-state index contributed by atoms with van der Waals surface area (Å²) >= 11 is 0. The van der Waals surface area contributed by atoms with Crippen molar-refractivity contribution in [3.63, 3.8) is 0 Å². The smallest absolute Gasteiger partial charge is 0.237 e. The molecule has 1 N–H and O–H groups in total. The molecule has 0 aromatic heterocycles. The van der Waals surface area contributed by atoms with Crippen molar-refractivity contribution in [3.8, 4) is 0 Å². The minimum absolute atomic E-state index is 0.0715. The highest BCUT2D eigenvalue weighted by molar-refractivity contribution is 5.82. The van der Waals surface area contributed by atoms with E-state index >= 15 is 0 Å². The summed E-state index contributed by atoms with van der Waals surface area (Å²) in [4.78, 5) is 14.7. The zero-order valence-corrected chi connectivity index (χ0v) is 12.9. The minimum atomic E-state index is 0.0715. The van der Waals surface area contributed by atoms with Crippen molar-refractivity contribution in [1.29, 1.82) is 0 Å². The van der Waals surface area contributed by atoms with Gasteiger partial charge in [-0.3, -0.25) is 9.69 Å². The van der Waals surface area contributed by atoms with Crippen molar-refractivity contribution < 1.29 is 4.79 Å². The Kier molecular flexibility index (Phi) is 5.18. The van der Waals surface area contributed by atoms with Gasteiger partial charge >= 0.3 is 0 Å². The molecule has 0 aliphatic carbocycles. The number of nitrogens with zero attached hydrogens (tertiary/aromatic N) is 1. The molecule has 3 heteroatoms. The number of nitrogens with one attached hydrogen (secondary N) is 1. The number of carbonyl (C=O) groups is 1. The van der Waals surface area contributed by atoms with Gasteiger partial charge in [-0.1, -0.05) is 43.7 Å². The molecule has 110 valence electrons. The van der Waals surface area contributed by atoms with E-state index in [0.717, 1.165) is 25.9 Å². The molecule has 0 unspecified atom stereocenters. The third-order valence-electron chi connectivity index (χ3n) is 3.82. The maximum Gasteiger partial charge on any atom is 0.237 e. The van der Waals surface area contributed by atoms with Crippen LogP contribution in [0.5, 0.6) is 0 Å². The summed E-state index contributed by atoms with van der Waals surface area (Å²) in [6.07, 6.45) is 2.13. The molecule has 20 heavy (non-hydrogen) atoms. The van der Waals surface area contributed by atoms with E-state index in [2.05, 4.69) is 49.2 Å². The second-order valence-corrected chi connectivity index (χ2v) is 6.25. The van der Waals surface area contributed by atoms with Crippen LogP contribution in [0.2, 0.25) is 0 Å². The molecule has 0 radical (unpaired) electrons. The van der Waals surface area contributed by atoms with Crippen LogP contribution in [0.4, 0.5) is 0 Å². The molecule has 1 aromatic rings. The Labute approximate surface area is 122 Å². The Morgan fingerprint density at radius 3 is 2.95 bits per heavy atom. The maximum absolute atomic E-state index is 12.3. The van der Waals surface area contributed by atoms with Crippen LogP contribution in [0.25, 0.3) is 0 Å². The molecular weight excluding hydrogens is 248 g/mol. The van der Waals surface area contributed by atoms with E-state index in [0.29, 0.717) is 12.5 Å². The molecular formula is C17H26N2O. The van der Waals surface area contributed by atoms with Crippen LogP contribution < -0.4 is 5.32 Å². The van der Waals surface area contributed by atoms with Crippen LogP contribution in [-0.4, -0.2) is 29.9 Å². The number of carbonyl (C=O) groups excluding carboxylic acids is 1. The van der Waals surface area contributed by atoms with Crippen molar-refractivity contribution in [1.82, 2.24) is 10.2 Å². The SMILES string of the molecule is Cc1cccc(CNC(=O)[C@H]2CCCN2CC(C)C)c1. The fourth-order valence-electron chi connectivity index (χ4n) is 2.94. The molecule has 1 fully saturated rings. The van der Waals surface area contributed by atoms with Gasteiger partial charge < -0.3 is 5.32 Å². The summed E-state index contributed by atoms with van der Waals surface area (Å²) < 4.78 is 0. The van der Waals surface area contributed by atoms with Gasteiger partial charge in [0.05, 0.1) is 6.04 Å². The second-order valence-electron chi connectivity index (χ2n) is 6.25. The fraction of sp³-hybridized carbons (Fsp3) is 0.588. The topological polar surface area (TPSA) is 32.3 Å². The standard InChI is InChI=1S/C17H26N2O/c1-13(2)12-19-9-5-8-16(19)17(20)18-11-15-7-4-6-14(3)10-15/h4,6-7,10,13,16H,5,8-9,11-12H2,1-3H3,(H,18,20)/t16-/m1/s1. The Hall–Kier alpha value is -1.35. The summed E-state index contributed by atoms with van der Waals surface area (Å²) in [5, 5.41) is 3.09. The summed E-state index contributed by atoms with van der Waals surface area (Å²) in [5.41, 5.74) is 2.41. The molecule has 1 aromatic carbocycles. The zero-order valence-electron chi connectivity index (χ0n) is 12.9. The largest absolute Gasteiger partial charge is 0.351 e. The first kappa shape index (κ1) is 15.0. The molecule has 2 rings (SSSR count). The van der Waals surface area contributed by atoms with Crippen LogP contribution in [0.15, 0.2) is 24.3 Å². The summed E-state index contributed by atoms with van der Waals surface area (Å²) in [7, 11) is 0. The fourth-order valence-corrected chi connectivity index (χ4v) is 2.94. The van der Waals surface area contributed by atoms with Crippen LogP contribution in [0.1, 0.15) is 37.8 Å². The number of benzene rings is 1. The van der Waals surface area contributed by atoms with E-state index < -0.39 is 0 Å². The highest BCUT2D eigenvalue weighted by Gasteiger charge is 2.30. The first-order valence-corrected chi connectivity index (χ1v) is 7.63. The monoisotopic (exact) mass is 274 g/mol. The highest BCUT2D eigenvalue weighted by atomic mass is 16.2. The first-order chi connectivity index (χ1) is 9.56. The van der Waals surface area contributed by atoms with E-state index in [1.165, 1.54) is 11.1 Å². The molecule has 1 heterocycles. The van der Waals surface area contributed by atoms with Crippen molar-refractivity contribution >= 4 is 5.91 Å². The number of aryl methyl sites for hydroxylation is 1. The average Bonchev–Trinajstić information content (AvgIpc) is 2.83. The first-order valence-electron chi connectivity index (χ1n) is 7.63. The summed E-state index contributed by atoms with van der Waals surface area (Å²) in [6, 6.07) is 8.38. The van der Waals surface area contributed by atoms with Gasteiger partial charge in [-0.2, -0.15) is 0 Å². The van der Waals surface area contributed by atoms with Gasteiger partial charge in [-0.05, 0) is 37.8 Å². The predicted molar refractivity (Wildman–Crippen MR) is 82.5 cm³/mol. The number of amides is 1. The molecule has 1 aliphatic heterocycles. The Bertz CT molecular complexity index is 456. The lowest BCUT2D eigenvalue weighted by Gasteiger charge is -2.25. The van der Waals surface area contributed by atoms with E-state index in [-0.39, 0.29) is 11.9 Å². The lowest BCUT2D eigenvalue weighted by atomic mass is 10.1. The average molecular weight is 274 g/mol. The number of hydrogen-bond acceptors (Lipinski definition) is 2. The van der Waals surface area contributed by atoms with Gasteiger partial charge in [0.2, 0.25) is 5.91 Å². The van der Waals surface area contributed by atoms with Gasteiger partial charge in [0.1, 0.15) is 0 Å². The lowest BCUT2D eigenvalue weighted by molar-refractivity contribution is -0.125. The second kappa shape index (κ2) is 6.89. The molecule has 1 aliphatic rings. The van der Waals surface area contributed by atoms with Gasteiger partial charge in [-0.15, -0.1) is 0 Å². The number of likely N-dealkylation sites (tertiary alicyclic amines) is 1. The third kappa shape index (κ3) is 4.07.